The lowest BCUT2D eigenvalue weighted by atomic mass is 9.80. The van der Waals surface area contributed by atoms with Crippen LogP contribution in [0, 0.1) is 5.41 Å². The lowest BCUT2D eigenvalue weighted by molar-refractivity contribution is 0.219. The van der Waals surface area contributed by atoms with Gasteiger partial charge in [0.1, 0.15) is 0 Å². The Balaban J connectivity index is 3.21. The standard InChI is InChI=1S/C13H26N4O/c1-6-8-17-11(10(18-5)9-15-17)12(16-14)13(3,4)7-2/h9,12,16H,6-8,14H2,1-5H3. The zero-order valence-corrected chi connectivity index (χ0v) is 12.2. The van der Waals surface area contributed by atoms with Crippen LogP contribution >= 0.6 is 0 Å². The Morgan fingerprint density at radius 1 is 1.50 bits per heavy atom. The van der Waals surface area contributed by atoms with E-state index in [2.05, 4.69) is 38.2 Å². The second kappa shape index (κ2) is 6.20. The van der Waals surface area contributed by atoms with E-state index in [-0.39, 0.29) is 11.5 Å². The van der Waals surface area contributed by atoms with Crippen molar-refractivity contribution in [1.29, 1.82) is 0 Å². The molecule has 0 saturated heterocycles. The van der Waals surface area contributed by atoms with Gasteiger partial charge in [-0.3, -0.25) is 16.0 Å². The highest BCUT2D eigenvalue weighted by atomic mass is 16.5. The summed E-state index contributed by atoms with van der Waals surface area (Å²) in [4.78, 5) is 0. The van der Waals surface area contributed by atoms with E-state index in [0.717, 1.165) is 30.8 Å². The number of aromatic nitrogens is 2. The van der Waals surface area contributed by atoms with Gasteiger partial charge >= 0.3 is 0 Å². The molecule has 0 fully saturated rings. The van der Waals surface area contributed by atoms with Crippen molar-refractivity contribution >= 4 is 0 Å². The topological polar surface area (TPSA) is 65.1 Å². The van der Waals surface area contributed by atoms with Crippen LogP contribution in [-0.4, -0.2) is 16.9 Å². The molecule has 0 aromatic carbocycles. The minimum atomic E-state index is 0.0199. The molecule has 0 aliphatic carbocycles. The highest BCUT2D eigenvalue weighted by Crippen LogP contribution is 2.39. The fourth-order valence-corrected chi connectivity index (χ4v) is 2.09. The third-order valence-corrected chi connectivity index (χ3v) is 3.63. The summed E-state index contributed by atoms with van der Waals surface area (Å²) in [7, 11) is 1.67. The molecular formula is C13H26N4O. The molecule has 5 heteroatoms. The average Bonchev–Trinajstić information content (AvgIpc) is 2.74. The van der Waals surface area contributed by atoms with Crippen LogP contribution in [0.25, 0.3) is 0 Å². The molecule has 5 nitrogen and oxygen atoms in total. The van der Waals surface area contributed by atoms with Crippen LogP contribution < -0.4 is 16.0 Å². The van der Waals surface area contributed by atoms with E-state index in [4.69, 9.17) is 10.6 Å². The average molecular weight is 254 g/mol. The number of ether oxygens (including phenoxy) is 1. The van der Waals surface area contributed by atoms with E-state index in [9.17, 15) is 0 Å². The summed E-state index contributed by atoms with van der Waals surface area (Å²) >= 11 is 0. The van der Waals surface area contributed by atoms with Gasteiger partial charge in [0.15, 0.2) is 5.75 Å². The predicted octanol–water partition coefficient (Wildman–Crippen LogP) is 2.24. The molecule has 104 valence electrons. The van der Waals surface area contributed by atoms with Crippen molar-refractivity contribution in [1.82, 2.24) is 15.2 Å². The number of nitrogens with zero attached hydrogens (tertiary/aromatic N) is 2. The van der Waals surface area contributed by atoms with Gasteiger partial charge in [-0.05, 0) is 18.3 Å². The summed E-state index contributed by atoms with van der Waals surface area (Å²) in [6, 6.07) is 0.0199. The Labute approximate surface area is 110 Å². The molecule has 0 saturated carbocycles. The molecule has 0 amide bonds. The summed E-state index contributed by atoms with van der Waals surface area (Å²) in [6.45, 7) is 9.56. The zero-order chi connectivity index (χ0) is 13.8. The van der Waals surface area contributed by atoms with Crippen LogP contribution in [0.2, 0.25) is 0 Å². The molecule has 1 heterocycles. The molecule has 1 rings (SSSR count). The van der Waals surface area contributed by atoms with Gasteiger partial charge in [0.05, 0.1) is 25.0 Å². The third kappa shape index (κ3) is 2.84. The van der Waals surface area contributed by atoms with Gasteiger partial charge in [0.25, 0.3) is 0 Å². The van der Waals surface area contributed by atoms with Crippen LogP contribution in [0.15, 0.2) is 6.20 Å². The number of aryl methyl sites for hydroxylation is 1. The van der Waals surface area contributed by atoms with Crippen molar-refractivity contribution in [3.8, 4) is 5.75 Å². The van der Waals surface area contributed by atoms with E-state index in [1.54, 1.807) is 13.3 Å². The largest absolute Gasteiger partial charge is 0.493 e. The fourth-order valence-electron chi connectivity index (χ4n) is 2.09. The Bertz CT molecular complexity index is 373. The van der Waals surface area contributed by atoms with E-state index < -0.39 is 0 Å². The molecule has 1 aromatic heterocycles. The summed E-state index contributed by atoms with van der Waals surface area (Å²) in [5.41, 5.74) is 4.00. The molecule has 1 atom stereocenters. The first-order valence-corrected chi connectivity index (χ1v) is 6.57. The Kier molecular flexibility index (Phi) is 5.16. The summed E-state index contributed by atoms with van der Waals surface area (Å²) < 4.78 is 7.40. The van der Waals surface area contributed by atoms with Crippen molar-refractivity contribution in [2.24, 2.45) is 11.3 Å². The van der Waals surface area contributed by atoms with Crippen molar-refractivity contribution in [3.63, 3.8) is 0 Å². The molecule has 1 aromatic rings. The summed E-state index contributed by atoms with van der Waals surface area (Å²) in [5, 5.41) is 4.39. The molecule has 0 aliphatic heterocycles. The number of hydrazine groups is 1. The Morgan fingerprint density at radius 2 is 2.17 bits per heavy atom. The molecule has 0 aliphatic rings. The number of hydrogen-bond acceptors (Lipinski definition) is 4. The number of nitrogens with two attached hydrogens (primary N) is 1. The number of nitrogens with one attached hydrogen (secondary N) is 1. The molecule has 18 heavy (non-hydrogen) atoms. The first kappa shape index (κ1) is 15.0. The first-order chi connectivity index (χ1) is 8.51. The number of rotatable bonds is 7. The van der Waals surface area contributed by atoms with Gasteiger partial charge in [-0.15, -0.1) is 0 Å². The van der Waals surface area contributed by atoms with Gasteiger partial charge in [0, 0.05) is 6.54 Å². The van der Waals surface area contributed by atoms with Crippen molar-refractivity contribution in [2.45, 2.75) is 53.1 Å². The summed E-state index contributed by atoms with van der Waals surface area (Å²) in [6.07, 6.45) is 3.81. The minimum absolute atomic E-state index is 0.0199. The molecular weight excluding hydrogens is 228 g/mol. The zero-order valence-electron chi connectivity index (χ0n) is 12.2. The Morgan fingerprint density at radius 3 is 2.61 bits per heavy atom. The van der Waals surface area contributed by atoms with Gasteiger partial charge in [-0.2, -0.15) is 5.10 Å². The Hall–Kier alpha value is -1.07. The fraction of sp³-hybridized carbons (Fsp3) is 0.769. The second-order valence-corrected chi connectivity index (χ2v) is 5.26. The maximum atomic E-state index is 5.77. The van der Waals surface area contributed by atoms with Crippen LogP contribution in [0.4, 0.5) is 0 Å². The monoisotopic (exact) mass is 254 g/mol. The van der Waals surface area contributed by atoms with Crippen LogP contribution in [0.3, 0.4) is 0 Å². The van der Waals surface area contributed by atoms with E-state index in [1.165, 1.54) is 0 Å². The summed E-state index contributed by atoms with van der Waals surface area (Å²) in [5.74, 6) is 6.57. The highest BCUT2D eigenvalue weighted by Gasteiger charge is 2.33. The van der Waals surface area contributed by atoms with Crippen molar-refractivity contribution < 1.29 is 4.74 Å². The maximum absolute atomic E-state index is 5.77. The smallest absolute Gasteiger partial charge is 0.161 e. The maximum Gasteiger partial charge on any atom is 0.161 e. The third-order valence-electron chi connectivity index (χ3n) is 3.63. The first-order valence-electron chi connectivity index (χ1n) is 6.57. The number of hydrogen-bond donors (Lipinski definition) is 2. The van der Waals surface area contributed by atoms with E-state index in [1.807, 2.05) is 4.68 Å². The highest BCUT2D eigenvalue weighted by molar-refractivity contribution is 5.29. The molecule has 1 unspecified atom stereocenters. The SMILES string of the molecule is CCCn1ncc(OC)c1C(NN)C(C)(C)CC. The van der Waals surface area contributed by atoms with Crippen LogP contribution in [0.5, 0.6) is 5.75 Å². The molecule has 0 bridgehead atoms. The van der Waals surface area contributed by atoms with E-state index >= 15 is 0 Å². The second-order valence-electron chi connectivity index (χ2n) is 5.26. The number of methoxy groups -OCH3 is 1. The minimum Gasteiger partial charge on any atom is -0.493 e. The van der Waals surface area contributed by atoms with Gasteiger partial charge in [-0.1, -0.05) is 27.7 Å². The van der Waals surface area contributed by atoms with Gasteiger partial charge in [0.2, 0.25) is 0 Å². The lowest BCUT2D eigenvalue weighted by Gasteiger charge is -2.33. The van der Waals surface area contributed by atoms with Crippen LogP contribution in [-0.2, 0) is 6.54 Å². The van der Waals surface area contributed by atoms with Gasteiger partial charge in [-0.25, -0.2) is 0 Å². The van der Waals surface area contributed by atoms with Crippen LogP contribution in [0.1, 0.15) is 52.3 Å². The van der Waals surface area contributed by atoms with Gasteiger partial charge < -0.3 is 4.74 Å². The van der Waals surface area contributed by atoms with Crippen molar-refractivity contribution in [2.75, 3.05) is 7.11 Å². The molecule has 0 radical (unpaired) electrons. The van der Waals surface area contributed by atoms with Crippen molar-refractivity contribution in [3.05, 3.63) is 11.9 Å². The lowest BCUT2D eigenvalue weighted by Crippen LogP contribution is -2.39. The quantitative estimate of drug-likeness (QED) is 0.578. The molecule has 0 spiro atoms. The van der Waals surface area contributed by atoms with E-state index in [0.29, 0.717) is 0 Å². The normalized spacial score (nSPS) is 13.7. The molecule has 3 N–H and O–H groups in total. The predicted molar refractivity (Wildman–Crippen MR) is 73.2 cm³/mol.